The summed E-state index contributed by atoms with van der Waals surface area (Å²) in [4.78, 5) is 0. The molecule has 0 atom stereocenters. The van der Waals surface area contributed by atoms with Crippen LogP contribution >= 0.6 is 0 Å². The lowest BCUT2D eigenvalue weighted by molar-refractivity contribution is 0.391. The van der Waals surface area contributed by atoms with E-state index in [1.807, 2.05) is 0 Å². The molecule has 0 saturated heterocycles. The van der Waals surface area contributed by atoms with E-state index in [-0.39, 0.29) is 0 Å². The minimum absolute atomic E-state index is 0.298. The fraction of sp³-hybridized carbons (Fsp3) is 0.786. The number of aromatic amines is 1. The number of H-pyrrole nitrogens is 1. The van der Waals surface area contributed by atoms with Gasteiger partial charge in [0.15, 0.2) is 0 Å². The lowest BCUT2D eigenvalue weighted by Crippen LogP contribution is -2.42. The summed E-state index contributed by atoms with van der Waals surface area (Å²) < 4.78 is 26.2. The monoisotopic (exact) mass is 299 g/mol. The van der Waals surface area contributed by atoms with Gasteiger partial charge in [-0.25, -0.2) is 8.42 Å². The van der Waals surface area contributed by atoms with Gasteiger partial charge < -0.3 is 0 Å². The summed E-state index contributed by atoms with van der Waals surface area (Å²) in [6.45, 7) is 10.5. The Balaban J connectivity index is 2.40. The molecule has 1 aromatic heterocycles. The van der Waals surface area contributed by atoms with E-state index in [1.54, 1.807) is 25.1 Å². The molecule has 0 fully saturated rings. The summed E-state index contributed by atoms with van der Waals surface area (Å²) >= 11 is 0. The number of nitrogens with zero attached hydrogens (tertiary/aromatic N) is 2. The fourth-order valence-electron chi connectivity index (χ4n) is 2.56. The van der Waals surface area contributed by atoms with Crippen molar-refractivity contribution in [2.75, 3.05) is 6.54 Å². The molecular formula is C14H25N3O2S. The van der Waals surface area contributed by atoms with Gasteiger partial charge in [0.05, 0.1) is 10.4 Å². The first-order valence-electron chi connectivity index (χ1n) is 7.20. The molecule has 0 bridgehead atoms. The SMILES string of the molecule is CC(C)c1n[nH]c2c1CN(S(=O)(=O)C(C)(C)C)CCC2. The van der Waals surface area contributed by atoms with Crippen molar-refractivity contribution in [2.45, 2.75) is 64.7 Å². The maximum absolute atomic E-state index is 12.7. The molecule has 0 aliphatic carbocycles. The molecule has 5 nitrogen and oxygen atoms in total. The first kappa shape index (κ1) is 15.5. The summed E-state index contributed by atoms with van der Waals surface area (Å²) in [7, 11) is -3.29. The first-order valence-corrected chi connectivity index (χ1v) is 8.64. The average Bonchev–Trinajstić information content (AvgIpc) is 2.58. The number of aryl methyl sites for hydroxylation is 1. The predicted octanol–water partition coefficient (Wildman–Crippen LogP) is 2.41. The van der Waals surface area contributed by atoms with E-state index in [2.05, 4.69) is 24.0 Å². The Hall–Kier alpha value is -0.880. The summed E-state index contributed by atoms with van der Waals surface area (Å²) in [5.74, 6) is 0.298. The van der Waals surface area contributed by atoms with E-state index in [4.69, 9.17) is 0 Å². The van der Waals surface area contributed by atoms with E-state index in [1.165, 1.54) is 0 Å². The molecule has 2 heterocycles. The zero-order valence-corrected chi connectivity index (χ0v) is 13.8. The molecule has 6 heteroatoms. The van der Waals surface area contributed by atoms with E-state index in [0.29, 0.717) is 19.0 Å². The van der Waals surface area contributed by atoms with Crippen LogP contribution in [0, 0.1) is 0 Å². The molecule has 0 saturated carbocycles. The second-order valence-corrected chi connectivity index (χ2v) is 9.47. The Morgan fingerprint density at radius 1 is 1.30 bits per heavy atom. The van der Waals surface area contributed by atoms with Gasteiger partial charge >= 0.3 is 0 Å². The molecule has 0 aromatic carbocycles. The van der Waals surface area contributed by atoms with Gasteiger partial charge in [-0.3, -0.25) is 5.10 Å². The van der Waals surface area contributed by atoms with Crippen LogP contribution in [-0.4, -0.2) is 34.2 Å². The maximum Gasteiger partial charge on any atom is 0.219 e. The normalized spacial score (nSPS) is 18.1. The van der Waals surface area contributed by atoms with Crippen LogP contribution in [0.2, 0.25) is 0 Å². The Labute approximate surface area is 121 Å². The number of hydrogen-bond donors (Lipinski definition) is 1. The van der Waals surface area contributed by atoms with Crippen LogP contribution in [0.25, 0.3) is 0 Å². The lowest BCUT2D eigenvalue weighted by atomic mass is 10.0. The van der Waals surface area contributed by atoms with Crippen LogP contribution in [0.1, 0.15) is 63.9 Å². The van der Waals surface area contributed by atoms with Crippen LogP contribution in [0.15, 0.2) is 0 Å². The fourth-order valence-corrected chi connectivity index (χ4v) is 4.00. The van der Waals surface area contributed by atoms with Crippen molar-refractivity contribution >= 4 is 10.0 Å². The summed E-state index contributed by atoms with van der Waals surface area (Å²) in [5, 5.41) is 7.46. The number of aromatic nitrogens is 2. The summed E-state index contributed by atoms with van der Waals surface area (Å²) in [6, 6.07) is 0. The van der Waals surface area contributed by atoms with Crippen molar-refractivity contribution in [1.82, 2.24) is 14.5 Å². The molecule has 114 valence electrons. The van der Waals surface area contributed by atoms with Crippen molar-refractivity contribution in [3.63, 3.8) is 0 Å². The van der Waals surface area contributed by atoms with Crippen LogP contribution < -0.4 is 0 Å². The van der Waals surface area contributed by atoms with Crippen LogP contribution in [0.5, 0.6) is 0 Å². The van der Waals surface area contributed by atoms with Crippen molar-refractivity contribution < 1.29 is 8.42 Å². The lowest BCUT2D eigenvalue weighted by Gasteiger charge is -2.29. The zero-order valence-electron chi connectivity index (χ0n) is 13.0. The van der Waals surface area contributed by atoms with Gasteiger partial charge in [0.25, 0.3) is 0 Å². The zero-order chi connectivity index (χ0) is 15.1. The standard InChI is InChI=1S/C14H25N3O2S/c1-10(2)13-11-9-17(20(18,19)14(3,4)5)8-6-7-12(11)15-16-13/h10H,6-9H2,1-5H3,(H,15,16). The molecule has 1 N–H and O–H groups in total. The Morgan fingerprint density at radius 2 is 1.95 bits per heavy atom. The second-order valence-electron chi connectivity index (χ2n) is 6.78. The second kappa shape index (κ2) is 5.15. The van der Waals surface area contributed by atoms with Gasteiger partial charge in [-0.1, -0.05) is 13.8 Å². The molecule has 1 aromatic rings. The Kier molecular flexibility index (Phi) is 3.99. The maximum atomic E-state index is 12.7. The smallest absolute Gasteiger partial charge is 0.219 e. The van der Waals surface area contributed by atoms with E-state index in [9.17, 15) is 8.42 Å². The van der Waals surface area contributed by atoms with Crippen molar-refractivity contribution in [2.24, 2.45) is 0 Å². The molecule has 0 unspecified atom stereocenters. The third kappa shape index (κ3) is 2.63. The van der Waals surface area contributed by atoms with E-state index >= 15 is 0 Å². The minimum atomic E-state index is -3.29. The highest BCUT2D eigenvalue weighted by atomic mass is 32.2. The number of rotatable bonds is 2. The largest absolute Gasteiger partial charge is 0.282 e. The highest BCUT2D eigenvalue weighted by molar-refractivity contribution is 7.90. The third-order valence-electron chi connectivity index (χ3n) is 3.81. The quantitative estimate of drug-likeness (QED) is 0.912. The van der Waals surface area contributed by atoms with Crippen LogP contribution in [0.3, 0.4) is 0 Å². The summed E-state index contributed by atoms with van der Waals surface area (Å²) in [5.41, 5.74) is 3.17. The van der Waals surface area contributed by atoms with Crippen molar-refractivity contribution in [1.29, 1.82) is 0 Å². The molecule has 1 aliphatic heterocycles. The number of nitrogens with one attached hydrogen (secondary N) is 1. The van der Waals surface area contributed by atoms with Gasteiger partial charge in [-0.15, -0.1) is 0 Å². The Bertz CT molecular complexity index is 582. The summed E-state index contributed by atoms with van der Waals surface area (Å²) in [6.07, 6.45) is 1.70. The van der Waals surface area contributed by atoms with Gasteiger partial charge in [0, 0.05) is 24.3 Å². The highest BCUT2D eigenvalue weighted by Crippen LogP contribution is 2.29. The van der Waals surface area contributed by atoms with Gasteiger partial charge in [0.2, 0.25) is 10.0 Å². The minimum Gasteiger partial charge on any atom is -0.282 e. The number of sulfonamides is 1. The highest BCUT2D eigenvalue weighted by Gasteiger charge is 2.37. The average molecular weight is 299 g/mol. The molecule has 0 spiro atoms. The molecule has 0 radical (unpaired) electrons. The van der Waals surface area contributed by atoms with E-state index in [0.717, 1.165) is 29.8 Å². The molecule has 0 amide bonds. The molecule has 20 heavy (non-hydrogen) atoms. The number of fused-ring (bicyclic) bond motifs is 1. The topological polar surface area (TPSA) is 66.1 Å². The molecule has 2 rings (SSSR count). The van der Waals surface area contributed by atoms with Crippen molar-refractivity contribution in [3.05, 3.63) is 17.0 Å². The number of hydrogen-bond acceptors (Lipinski definition) is 3. The first-order chi connectivity index (χ1) is 9.14. The molecule has 1 aliphatic rings. The van der Waals surface area contributed by atoms with Crippen molar-refractivity contribution in [3.8, 4) is 0 Å². The van der Waals surface area contributed by atoms with Gasteiger partial charge in [-0.2, -0.15) is 9.40 Å². The van der Waals surface area contributed by atoms with E-state index < -0.39 is 14.8 Å². The predicted molar refractivity (Wildman–Crippen MR) is 80.1 cm³/mol. The van der Waals surface area contributed by atoms with Crippen LogP contribution in [-0.2, 0) is 23.0 Å². The van der Waals surface area contributed by atoms with Gasteiger partial charge in [0.1, 0.15) is 0 Å². The van der Waals surface area contributed by atoms with Crippen LogP contribution in [0.4, 0.5) is 0 Å². The Morgan fingerprint density at radius 3 is 2.50 bits per heavy atom. The van der Waals surface area contributed by atoms with Gasteiger partial charge in [-0.05, 0) is 39.5 Å². The molecular weight excluding hydrogens is 274 g/mol. The third-order valence-corrected chi connectivity index (χ3v) is 6.35.